The third kappa shape index (κ3) is 4.96. The lowest BCUT2D eigenvalue weighted by atomic mass is 10.1. The summed E-state index contributed by atoms with van der Waals surface area (Å²) in [7, 11) is -3.75. The lowest BCUT2D eigenvalue weighted by molar-refractivity contribution is 0.194. The van der Waals surface area contributed by atoms with Gasteiger partial charge in [-0.2, -0.15) is 0 Å². The Morgan fingerprint density at radius 1 is 0.966 bits per heavy atom. The zero-order valence-electron chi connectivity index (χ0n) is 15.7. The highest BCUT2D eigenvalue weighted by atomic mass is 32.2. The highest BCUT2D eigenvalue weighted by molar-refractivity contribution is 7.91. The summed E-state index contributed by atoms with van der Waals surface area (Å²) in [6.45, 7) is 1.61. The number of aliphatic hydroxyl groups is 1. The maximum Gasteiger partial charge on any atom is 0.206 e. The van der Waals surface area contributed by atoms with Crippen molar-refractivity contribution < 1.29 is 22.3 Å². The zero-order chi connectivity index (χ0) is 21.0. The Morgan fingerprint density at radius 3 is 2.31 bits per heavy atom. The molecule has 29 heavy (non-hydrogen) atoms. The van der Waals surface area contributed by atoms with Gasteiger partial charge < -0.3 is 5.11 Å². The van der Waals surface area contributed by atoms with Crippen molar-refractivity contribution in [2.45, 2.75) is 29.2 Å². The van der Waals surface area contributed by atoms with Crippen LogP contribution < -0.4 is 0 Å². The van der Waals surface area contributed by atoms with Gasteiger partial charge in [-0.05, 0) is 54.8 Å². The van der Waals surface area contributed by atoms with Gasteiger partial charge in [0.05, 0.1) is 15.9 Å². The monoisotopic (exact) mass is 414 g/mol. The first-order valence-electron chi connectivity index (χ1n) is 9.01. The van der Waals surface area contributed by atoms with E-state index in [1.807, 2.05) is 0 Å². The largest absolute Gasteiger partial charge is 0.393 e. The van der Waals surface area contributed by atoms with Gasteiger partial charge in [0.2, 0.25) is 9.84 Å². The fourth-order valence-electron chi connectivity index (χ4n) is 2.96. The Hall–Kier alpha value is -2.83. The van der Waals surface area contributed by atoms with Crippen LogP contribution in [-0.2, 0) is 16.3 Å². The summed E-state index contributed by atoms with van der Waals surface area (Å²) >= 11 is 0. The van der Waals surface area contributed by atoms with Crippen molar-refractivity contribution in [1.29, 1.82) is 0 Å². The molecule has 0 aliphatic carbocycles. The van der Waals surface area contributed by atoms with Crippen LogP contribution in [0.2, 0.25) is 0 Å². The highest BCUT2D eigenvalue weighted by Crippen LogP contribution is 2.26. The standard InChI is InChI=1S/C23H20F2O3S/c1-16(26)14-19-4-2-3-5-23(19)29(27,28)21-12-7-17(8-13-21)6-9-18-10-11-20(24)15-22(18)25/h2-13,15-16,26H,14H2,1H3/b9-6+. The number of halogens is 2. The van der Waals surface area contributed by atoms with E-state index in [1.165, 1.54) is 36.4 Å². The summed E-state index contributed by atoms with van der Waals surface area (Å²) in [4.78, 5) is 0.290. The third-order valence-corrected chi connectivity index (χ3v) is 6.26. The minimum Gasteiger partial charge on any atom is -0.393 e. The van der Waals surface area contributed by atoms with Crippen molar-refractivity contribution in [3.63, 3.8) is 0 Å². The van der Waals surface area contributed by atoms with Crippen LogP contribution in [0.3, 0.4) is 0 Å². The summed E-state index contributed by atoms with van der Waals surface area (Å²) in [6, 6.07) is 16.1. The SMILES string of the molecule is CC(O)Cc1ccccc1S(=O)(=O)c1ccc(/C=C/c2ccc(F)cc2F)cc1. The minimum atomic E-state index is -3.75. The summed E-state index contributed by atoms with van der Waals surface area (Å²) in [5, 5.41) is 9.64. The van der Waals surface area contributed by atoms with Crippen LogP contribution in [-0.4, -0.2) is 19.6 Å². The molecule has 0 radical (unpaired) electrons. The molecule has 1 unspecified atom stereocenters. The average molecular weight is 414 g/mol. The van der Waals surface area contributed by atoms with E-state index < -0.39 is 27.6 Å². The molecule has 0 aromatic heterocycles. The molecule has 3 nitrogen and oxygen atoms in total. The van der Waals surface area contributed by atoms with Gasteiger partial charge in [0.1, 0.15) is 11.6 Å². The molecule has 0 saturated heterocycles. The van der Waals surface area contributed by atoms with Crippen LogP contribution in [0.4, 0.5) is 8.78 Å². The Bertz CT molecular complexity index is 1140. The van der Waals surface area contributed by atoms with Crippen molar-refractivity contribution in [3.8, 4) is 0 Å². The van der Waals surface area contributed by atoms with Gasteiger partial charge in [-0.25, -0.2) is 17.2 Å². The molecular weight excluding hydrogens is 394 g/mol. The van der Waals surface area contributed by atoms with E-state index in [0.29, 0.717) is 11.1 Å². The molecular formula is C23H20F2O3S. The smallest absolute Gasteiger partial charge is 0.206 e. The topological polar surface area (TPSA) is 54.4 Å². The van der Waals surface area contributed by atoms with Gasteiger partial charge in [0, 0.05) is 11.6 Å². The normalized spacial score (nSPS) is 13.0. The Morgan fingerprint density at radius 2 is 1.66 bits per heavy atom. The van der Waals surface area contributed by atoms with E-state index >= 15 is 0 Å². The highest BCUT2D eigenvalue weighted by Gasteiger charge is 2.21. The van der Waals surface area contributed by atoms with Crippen LogP contribution in [0.15, 0.2) is 76.5 Å². The number of benzene rings is 3. The summed E-state index contributed by atoms with van der Waals surface area (Å²) in [5.41, 5.74) is 1.46. The molecule has 0 saturated carbocycles. The minimum absolute atomic E-state index is 0.126. The van der Waals surface area contributed by atoms with E-state index in [4.69, 9.17) is 0 Å². The average Bonchev–Trinajstić information content (AvgIpc) is 2.67. The van der Waals surface area contributed by atoms with Gasteiger partial charge >= 0.3 is 0 Å². The van der Waals surface area contributed by atoms with Gasteiger partial charge in [0.15, 0.2) is 0 Å². The van der Waals surface area contributed by atoms with Crippen molar-refractivity contribution in [1.82, 2.24) is 0 Å². The molecule has 0 heterocycles. The number of hydrogen-bond acceptors (Lipinski definition) is 3. The number of hydrogen-bond donors (Lipinski definition) is 1. The molecule has 1 N–H and O–H groups in total. The van der Waals surface area contributed by atoms with Crippen molar-refractivity contribution in [3.05, 3.63) is 95.1 Å². The van der Waals surface area contributed by atoms with Gasteiger partial charge in [-0.1, -0.05) is 42.5 Å². The maximum absolute atomic E-state index is 13.7. The lowest BCUT2D eigenvalue weighted by Crippen LogP contribution is -2.10. The molecule has 3 rings (SSSR count). The molecule has 0 bridgehead atoms. The second kappa shape index (κ2) is 8.68. The molecule has 0 spiro atoms. The molecule has 150 valence electrons. The van der Waals surface area contributed by atoms with Crippen LogP contribution in [0, 0.1) is 11.6 Å². The molecule has 3 aromatic rings. The number of aliphatic hydroxyl groups excluding tert-OH is 1. The van der Waals surface area contributed by atoms with Crippen LogP contribution in [0.5, 0.6) is 0 Å². The predicted octanol–water partition coefficient (Wildman–Crippen LogP) is 4.89. The molecule has 0 aliphatic heterocycles. The van der Waals surface area contributed by atoms with Crippen molar-refractivity contribution in [2.24, 2.45) is 0 Å². The molecule has 3 aromatic carbocycles. The van der Waals surface area contributed by atoms with Gasteiger partial charge in [-0.3, -0.25) is 0 Å². The first kappa shape index (κ1) is 20.9. The van der Waals surface area contributed by atoms with Gasteiger partial charge in [-0.15, -0.1) is 0 Å². The van der Waals surface area contributed by atoms with Crippen LogP contribution in [0.1, 0.15) is 23.6 Å². The van der Waals surface area contributed by atoms with E-state index in [0.717, 1.165) is 6.07 Å². The molecule has 0 fully saturated rings. The molecule has 1 atom stereocenters. The van der Waals surface area contributed by atoms with E-state index in [9.17, 15) is 22.3 Å². The van der Waals surface area contributed by atoms with E-state index in [-0.39, 0.29) is 21.8 Å². The quantitative estimate of drug-likeness (QED) is 0.584. The van der Waals surface area contributed by atoms with Crippen molar-refractivity contribution >= 4 is 22.0 Å². The Labute approximate surface area is 168 Å². The van der Waals surface area contributed by atoms with Crippen molar-refractivity contribution in [2.75, 3.05) is 0 Å². The Balaban J connectivity index is 1.87. The molecule has 0 amide bonds. The fourth-order valence-corrected chi connectivity index (χ4v) is 4.46. The second-order valence-corrected chi connectivity index (χ2v) is 8.65. The lowest BCUT2D eigenvalue weighted by Gasteiger charge is -2.12. The van der Waals surface area contributed by atoms with E-state index in [2.05, 4.69) is 0 Å². The summed E-state index contributed by atoms with van der Waals surface area (Å²) in [5.74, 6) is -1.32. The first-order valence-corrected chi connectivity index (χ1v) is 10.5. The zero-order valence-corrected chi connectivity index (χ0v) is 16.5. The maximum atomic E-state index is 13.7. The Kier molecular flexibility index (Phi) is 6.25. The summed E-state index contributed by atoms with van der Waals surface area (Å²) < 4.78 is 52.7. The number of rotatable bonds is 6. The van der Waals surface area contributed by atoms with Crippen LogP contribution in [0.25, 0.3) is 12.2 Å². The molecule has 0 aliphatic rings. The fraction of sp³-hybridized carbons (Fsp3) is 0.130. The van der Waals surface area contributed by atoms with Gasteiger partial charge in [0.25, 0.3) is 0 Å². The van der Waals surface area contributed by atoms with E-state index in [1.54, 1.807) is 43.3 Å². The first-order chi connectivity index (χ1) is 13.8. The molecule has 6 heteroatoms. The predicted molar refractivity (Wildman–Crippen MR) is 109 cm³/mol. The second-order valence-electron chi connectivity index (χ2n) is 6.73. The summed E-state index contributed by atoms with van der Waals surface area (Å²) in [6.07, 6.45) is 2.69. The third-order valence-electron chi connectivity index (χ3n) is 4.39. The number of sulfone groups is 1. The van der Waals surface area contributed by atoms with Crippen LogP contribution >= 0.6 is 0 Å².